The smallest absolute Gasteiger partial charge is 0.273 e. The molecule has 0 aliphatic carbocycles. The summed E-state index contributed by atoms with van der Waals surface area (Å²) in [6, 6.07) is 0. The number of carbonyl (C=O) groups is 2. The van der Waals surface area contributed by atoms with Gasteiger partial charge in [-0.25, -0.2) is 10.9 Å². The highest BCUT2D eigenvalue weighted by molar-refractivity contribution is 6.42. The van der Waals surface area contributed by atoms with Gasteiger partial charge in [-0.2, -0.15) is 5.10 Å². The Morgan fingerprint density at radius 3 is 3.15 bits per heavy atom. The summed E-state index contributed by atoms with van der Waals surface area (Å²) in [6.07, 6.45) is 4.83. The van der Waals surface area contributed by atoms with E-state index in [1.807, 2.05) is 5.48 Å². The summed E-state index contributed by atoms with van der Waals surface area (Å²) in [4.78, 5) is 26.2. The Hall–Kier alpha value is -1.87. The number of terminal acetylenes is 1. The first-order valence-corrected chi connectivity index (χ1v) is 3.45. The van der Waals surface area contributed by atoms with Crippen molar-refractivity contribution in [3.63, 3.8) is 0 Å². The van der Waals surface area contributed by atoms with Gasteiger partial charge in [0, 0.05) is 0 Å². The van der Waals surface area contributed by atoms with E-state index in [-0.39, 0.29) is 24.6 Å². The van der Waals surface area contributed by atoms with E-state index in [2.05, 4.69) is 21.3 Å². The van der Waals surface area contributed by atoms with Gasteiger partial charge in [-0.15, -0.1) is 6.42 Å². The van der Waals surface area contributed by atoms with Crippen LogP contribution in [0.15, 0.2) is 5.10 Å². The fraction of sp³-hybridized carbons (Fsp3) is 0.286. The zero-order chi connectivity index (χ0) is 9.68. The summed E-state index contributed by atoms with van der Waals surface area (Å²) in [6.45, 7) is -0.0274. The molecular formula is C7H7N3O3. The third-order valence-electron chi connectivity index (χ3n) is 1.23. The van der Waals surface area contributed by atoms with Crippen LogP contribution in [0.25, 0.3) is 0 Å². The van der Waals surface area contributed by atoms with Gasteiger partial charge in [0.2, 0.25) is 5.91 Å². The second kappa shape index (κ2) is 4.23. The monoisotopic (exact) mass is 181 g/mol. The van der Waals surface area contributed by atoms with E-state index in [9.17, 15) is 9.59 Å². The third-order valence-corrected chi connectivity index (χ3v) is 1.23. The molecule has 0 fully saturated rings. The molecule has 1 aliphatic rings. The number of carbonyl (C=O) groups excluding carboxylic acids is 2. The predicted molar refractivity (Wildman–Crippen MR) is 43.1 cm³/mol. The molecule has 0 unspecified atom stereocenters. The molecule has 6 heteroatoms. The first-order chi connectivity index (χ1) is 6.24. The lowest BCUT2D eigenvalue weighted by Gasteiger charge is -1.99. The molecule has 0 bridgehead atoms. The van der Waals surface area contributed by atoms with Crippen molar-refractivity contribution >= 4 is 17.5 Å². The third kappa shape index (κ3) is 2.57. The summed E-state index contributed by atoms with van der Waals surface area (Å²) in [5.74, 6) is 1.28. The predicted octanol–water partition coefficient (Wildman–Crippen LogP) is -1.46. The molecule has 68 valence electrons. The molecule has 0 radical (unpaired) electrons. The van der Waals surface area contributed by atoms with E-state index in [1.54, 1.807) is 0 Å². The van der Waals surface area contributed by atoms with E-state index >= 15 is 0 Å². The van der Waals surface area contributed by atoms with Crippen LogP contribution in [-0.4, -0.2) is 24.1 Å². The number of amides is 2. The first-order valence-electron chi connectivity index (χ1n) is 3.45. The topological polar surface area (TPSA) is 79.8 Å². The zero-order valence-corrected chi connectivity index (χ0v) is 6.66. The normalized spacial score (nSPS) is 14.4. The number of hydroxylamine groups is 1. The van der Waals surface area contributed by atoms with Crippen molar-refractivity contribution in [1.29, 1.82) is 0 Å². The second-order valence-electron chi connectivity index (χ2n) is 2.19. The van der Waals surface area contributed by atoms with E-state index in [0.29, 0.717) is 0 Å². The largest absolute Gasteiger partial charge is 0.291 e. The van der Waals surface area contributed by atoms with E-state index in [4.69, 9.17) is 6.42 Å². The van der Waals surface area contributed by atoms with Crippen LogP contribution in [0.1, 0.15) is 6.42 Å². The van der Waals surface area contributed by atoms with Crippen LogP contribution in [0.5, 0.6) is 0 Å². The lowest BCUT2D eigenvalue weighted by atomic mass is 10.3. The van der Waals surface area contributed by atoms with E-state index < -0.39 is 5.91 Å². The number of nitrogens with one attached hydrogen (secondary N) is 2. The van der Waals surface area contributed by atoms with Gasteiger partial charge in [0.25, 0.3) is 5.91 Å². The molecule has 6 nitrogen and oxygen atoms in total. The molecule has 2 amide bonds. The van der Waals surface area contributed by atoms with Crippen LogP contribution in [0.2, 0.25) is 0 Å². The SMILES string of the molecule is C#CCONC(=O)C1=NNC(=O)C1. The van der Waals surface area contributed by atoms with Crippen molar-refractivity contribution in [2.75, 3.05) is 6.61 Å². The average molecular weight is 181 g/mol. The van der Waals surface area contributed by atoms with Gasteiger partial charge in [0.15, 0.2) is 0 Å². The summed E-state index contributed by atoms with van der Waals surface area (Å²) >= 11 is 0. The highest BCUT2D eigenvalue weighted by Gasteiger charge is 2.21. The lowest BCUT2D eigenvalue weighted by Crippen LogP contribution is -2.30. The molecule has 1 rings (SSSR count). The Morgan fingerprint density at radius 1 is 1.85 bits per heavy atom. The Kier molecular flexibility index (Phi) is 3.00. The maximum Gasteiger partial charge on any atom is 0.291 e. The molecule has 1 aliphatic heterocycles. The molecule has 13 heavy (non-hydrogen) atoms. The molecule has 0 spiro atoms. The molecular weight excluding hydrogens is 174 g/mol. The summed E-state index contributed by atoms with van der Waals surface area (Å²) in [5.41, 5.74) is 4.26. The minimum absolute atomic E-state index is 0.0274. The fourth-order valence-corrected chi connectivity index (χ4v) is 0.694. The van der Waals surface area contributed by atoms with Crippen molar-refractivity contribution in [2.24, 2.45) is 5.10 Å². The van der Waals surface area contributed by atoms with Crippen molar-refractivity contribution in [3.8, 4) is 12.3 Å². The lowest BCUT2D eigenvalue weighted by molar-refractivity contribution is -0.126. The van der Waals surface area contributed by atoms with Gasteiger partial charge >= 0.3 is 0 Å². The van der Waals surface area contributed by atoms with Gasteiger partial charge in [0.05, 0.1) is 6.42 Å². The number of hydrogen-bond donors (Lipinski definition) is 2. The molecule has 0 aromatic heterocycles. The maximum absolute atomic E-state index is 11.0. The van der Waals surface area contributed by atoms with Crippen LogP contribution < -0.4 is 10.9 Å². The van der Waals surface area contributed by atoms with Crippen LogP contribution in [0.3, 0.4) is 0 Å². The van der Waals surface area contributed by atoms with Crippen LogP contribution >= 0.6 is 0 Å². The van der Waals surface area contributed by atoms with Crippen LogP contribution in [0, 0.1) is 12.3 Å². The average Bonchev–Trinajstić information content (AvgIpc) is 2.52. The molecule has 0 saturated carbocycles. The zero-order valence-electron chi connectivity index (χ0n) is 6.66. The number of hydrogen-bond acceptors (Lipinski definition) is 4. The fourth-order valence-electron chi connectivity index (χ4n) is 0.694. The maximum atomic E-state index is 11.0. The molecule has 1 heterocycles. The molecule has 2 N–H and O–H groups in total. The van der Waals surface area contributed by atoms with Crippen LogP contribution in [0.4, 0.5) is 0 Å². The number of hydrazone groups is 1. The summed E-state index contributed by atoms with van der Waals surface area (Å²) in [5, 5.41) is 3.47. The Balaban J connectivity index is 2.33. The van der Waals surface area contributed by atoms with Crippen molar-refractivity contribution in [2.45, 2.75) is 6.42 Å². The first kappa shape index (κ1) is 9.22. The summed E-state index contributed by atoms with van der Waals surface area (Å²) in [7, 11) is 0. The van der Waals surface area contributed by atoms with Gasteiger partial charge in [0.1, 0.15) is 12.3 Å². The quantitative estimate of drug-likeness (QED) is 0.317. The molecule has 0 aromatic carbocycles. The minimum atomic E-state index is -0.561. The Bertz CT molecular complexity index is 303. The van der Waals surface area contributed by atoms with Gasteiger partial charge in [-0.05, 0) is 0 Å². The Labute approximate surface area is 74.3 Å². The van der Waals surface area contributed by atoms with Gasteiger partial charge in [-0.3, -0.25) is 14.4 Å². The number of nitrogens with zero attached hydrogens (tertiary/aromatic N) is 1. The minimum Gasteiger partial charge on any atom is -0.273 e. The molecule has 0 saturated heterocycles. The molecule has 0 atom stereocenters. The number of rotatable bonds is 3. The highest BCUT2D eigenvalue weighted by atomic mass is 16.6. The summed E-state index contributed by atoms with van der Waals surface area (Å²) < 4.78 is 0. The van der Waals surface area contributed by atoms with Crippen LogP contribution in [-0.2, 0) is 14.4 Å². The van der Waals surface area contributed by atoms with Crippen molar-refractivity contribution in [3.05, 3.63) is 0 Å². The Morgan fingerprint density at radius 2 is 2.62 bits per heavy atom. The molecule has 0 aromatic rings. The van der Waals surface area contributed by atoms with Gasteiger partial charge < -0.3 is 0 Å². The second-order valence-corrected chi connectivity index (χ2v) is 2.19. The highest BCUT2D eigenvalue weighted by Crippen LogP contribution is 1.94. The van der Waals surface area contributed by atoms with Crippen molar-refractivity contribution < 1.29 is 14.4 Å². The standard InChI is InChI=1S/C7H7N3O3/c1-2-3-13-10-7(12)5-4-6(11)9-8-5/h1H,3-4H2,(H,9,11)(H,10,12). The van der Waals surface area contributed by atoms with E-state index in [1.165, 1.54) is 0 Å². The van der Waals surface area contributed by atoms with E-state index in [0.717, 1.165) is 0 Å². The van der Waals surface area contributed by atoms with Crippen molar-refractivity contribution in [1.82, 2.24) is 10.9 Å². The van der Waals surface area contributed by atoms with Gasteiger partial charge in [-0.1, -0.05) is 5.92 Å².